The monoisotopic (exact) mass is 384 g/mol. The van der Waals surface area contributed by atoms with Crippen LogP contribution in [0.5, 0.6) is 0 Å². The summed E-state index contributed by atoms with van der Waals surface area (Å²) < 4.78 is 26.7. The Kier molecular flexibility index (Phi) is 5.69. The second-order valence-electron chi connectivity index (χ2n) is 7.00. The van der Waals surface area contributed by atoms with Crippen molar-refractivity contribution in [3.63, 3.8) is 0 Å². The molecule has 0 atom stereocenters. The number of benzene rings is 2. The molecular formula is C22H22F2N2S. The molecule has 1 fully saturated rings. The average Bonchev–Trinajstić information content (AvgIpc) is 2.68. The van der Waals surface area contributed by atoms with E-state index >= 15 is 0 Å². The first-order chi connectivity index (χ1) is 13.2. The molecule has 0 amide bonds. The standard InChI is InChI=1S/C22H22F2N2S/c23-18-4-3-16(21(24)15-18)7-11-26-12-8-19(9-13-26)27-20-5-6-22-17(14-20)2-1-10-25-22/h1-6,10,14-15,19H,7-9,11-13H2. The van der Waals surface area contributed by atoms with Crippen LogP contribution in [0.15, 0.2) is 59.6 Å². The second-order valence-corrected chi connectivity index (χ2v) is 8.38. The SMILES string of the molecule is Fc1ccc(CCN2CCC(Sc3ccc4ncccc4c3)CC2)c(F)c1. The molecule has 2 nitrogen and oxygen atoms in total. The third-order valence-corrected chi connectivity index (χ3v) is 6.46. The highest BCUT2D eigenvalue weighted by Gasteiger charge is 2.20. The van der Waals surface area contributed by atoms with E-state index in [4.69, 9.17) is 0 Å². The van der Waals surface area contributed by atoms with Gasteiger partial charge in [0.2, 0.25) is 0 Å². The van der Waals surface area contributed by atoms with Crippen molar-refractivity contribution in [2.75, 3.05) is 19.6 Å². The van der Waals surface area contributed by atoms with E-state index in [1.165, 1.54) is 16.3 Å². The van der Waals surface area contributed by atoms with Crippen LogP contribution in [0.3, 0.4) is 0 Å². The molecule has 5 heteroatoms. The summed E-state index contributed by atoms with van der Waals surface area (Å²) in [4.78, 5) is 8.05. The second kappa shape index (κ2) is 8.36. The lowest BCUT2D eigenvalue weighted by molar-refractivity contribution is 0.235. The molecule has 1 aromatic heterocycles. The van der Waals surface area contributed by atoms with Gasteiger partial charge in [0.15, 0.2) is 0 Å². The van der Waals surface area contributed by atoms with E-state index in [9.17, 15) is 8.78 Å². The molecule has 4 rings (SSSR count). The first-order valence-electron chi connectivity index (χ1n) is 9.35. The number of aromatic nitrogens is 1. The number of piperidine rings is 1. The summed E-state index contributed by atoms with van der Waals surface area (Å²) in [5.41, 5.74) is 1.63. The maximum absolute atomic E-state index is 13.8. The van der Waals surface area contributed by atoms with Crippen molar-refractivity contribution >= 4 is 22.7 Å². The minimum Gasteiger partial charge on any atom is -0.303 e. The Balaban J connectivity index is 1.28. The zero-order valence-corrected chi connectivity index (χ0v) is 15.9. The van der Waals surface area contributed by atoms with Gasteiger partial charge in [-0.2, -0.15) is 0 Å². The van der Waals surface area contributed by atoms with Gasteiger partial charge in [-0.1, -0.05) is 12.1 Å². The van der Waals surface area contributed by atoms with Gasteiger partial charge in [0, 0.05) is 34.3 Å². The number of nitrogens with zero attached hydrogens (tertiary/aromatic N) is 2. The molecule has 0 radical (unpaired) electrons. The van der Waals surface area contributed by atoms with Gasteiger partial charge in [0.25, 0.3) is 0 Å². The number of fused-ring (bicyclic) bond motifs is 1. The third-order valence-electron chi connectivity index (χ3n) is 5.12. The third kappa shape index (κ3) is 4.66. The molecular weight excluding hydrogens is 362 g/mol. The molecule has 27 heavy (non-hydrogen) atoms. The van der Waals surface area contributed by atoms with Crippen LogP contribution in [0.25, 0.3) is 10.9 Å². The molecule has 1 aliphatic rings. The van der Waals surface area contributed by atoms with Gasteiger partial charge >= 0.3 is 0 Å². The summed E-state index contributed by atoms with van der Waals surface area (Å²) >= 11 is 1.94. The first-order valence-corrected chi connectivity index (χ1v) is 10.2. The number of hydrogen-bond donors (Lipinski definition) is 0. The van der Waals surface area contributed by atoms with Crippen LogP contribution in [-0.4, -0.2) is 34.8 Å². The largest absolute Gasteiger partial charge is 0.303 e. The van der Waals surface area contributed by atoms with E-state index in [0.717, 1.165) is 44.1 Å². The predicted molar refractivity (Wildman–Crippen MR) is 107 cm³/mol. The number of rotatable bonds is 5. The fourth-order valence-corrected chi connectivity index (χ4v) is 4.75. The van der Waals surface area contributed by atoms with Gasteiger partial charge < -0.3 is 4.90 Å². The van der Waals surface area contributed by atoms with Crippen molar-refractivity contribution in [1.29, 1.82) is 0 Å². The summed E-state index contributed by atoms with van der Waals surface area (Å²) in [6.45, 7) is 2.87. The average molecular weight is 384 g/mol. The molecule has 140 valence electrons. The molecule has 0 saturated carbocycles. The quantitative estimate of drug-likeness (QED) is 0.593. The Morgan fingerprint density at radius 3 is 2.70 bits per heavy atom. The molecule has 2 heterocycles. The summed E-state index contributed by atoms with van der Waals surface area (Å²) in [7, 11) is 0. The van der Waals surface area contributed by atoms with Gasteiger partial charge in [-0.3, -0.25) is 4.98 Å². The summed E-state index contributed by atoms with van der Waals surface area (Å²) in [6, 6.07) is 14.4. The highest BCUT2D eigenvalue weighted by atomic mass is 32.2. The van der Waals surface area contributed by atoms with E-state index in [1.807, 2.05) is 24.0 Å². The zero-order chi connectivity index (χ0) is 18.6. The molecule has 0 aliphatic carbocycles. The summed E-state index contributed by atoms with van der Waals surface area (Å²) in [5, 5.41) is 1.79. The number of pyridine rings is 1. The Morgan fingerprint density at radius 2 is 1.89 bits per heavy atom. The van der Waals surface area contributed by atoms with Crippen LogP contribution >= 0.6 is 11.8 Å². The van der Waals surface area contributed by atoms with Crippen LogP contribution in [0.1, 0.15) is 18.4 Å². The van der Waals surface area contributed by atoms with Crippen molar-refractivity contribution < 1.29 is 8.78 Å². The van der Waals surface area contributed by atoms with Crippen molar-refractivity contribution in [3.05, 3.63) is 71.9 Å². The van der Waals surface area contributed by atoms with Crippen molar-refractivity contribution in [1.82, 2.24) is 9.88 Å². The van der Waals surface area contributed by atoms with Crippen molar-refractivity contribution in [3.8, 4) is 0 Å². The van der Waals surface area contributed by atoms with E-state index in [0.29, 0.717) is 17.2 Å². The van der Waals surface area contributed by atoms with Crippen molar-refractivity contribution in [2.24, 2.45) is 0 Å². The lowest BCUT2D eigenvalue weighted by atomic mass is 10.1. The van der Waals surface area contributed by atoms with Gasteiger partial charge in [0.1, 0.15) is 11.6 Å². The number of halogens is 2. The van der Waals surface area contributed by atoms with E-state index in [1.54, 1.807) is 6.07 Å². The first kappa shape index (κ1) is 18.4. The maximum atomic E-state index is 13.8. The molecule has 1 aliphatic heterocycles. The lowest BCUT2D eigenvalue weighted by Gasteiger charge is -2.31. The smallest absolute Gasteiger partial charge is 0.129 e. The minimum absolute atomic E-state index is 0.439. The normalized spacial score (nSPS) is 16.1. The number of thioether (sulfide) groups is 1. The van der Waals surface area contributed by atoms with Gasteiger partial charge in [0.05, 0.1) is 5.52 Å². The molecule has 0 bridgehead atoms. The van der Waals surface area contributed by atoms with E-state index in [-0.39, 0.29) is 0 Å². The Bertz CT molecular complexity index is 923. The molecule has 1 saturated heterocycles. The highest BCUT2D eigenvalue weighted by molar-refractivity contribution is 8.00. The van der Waals surface area contributed by atoms with Crippen LogP contribution in [0, 0.1) is 11.6 Å². The lowest BCUT2D eigenvalue weighted by Crippen LogP contribution is -2.36. The van der Waals surface area contributed by atoms with Gasteiger partial charge in [-0.15, -0.1) is 11.8 Å². The topological polar surface area (TPSA) is 16.1 Å². The van der Waals surface area contributed by atoms with Crippen LogP contribution in [0.2, 0.25) is 0 Å². The number of hydrogen-bond acceptors (Lipinski definition) is 3. The Hall–Kier alpha value is -1.98. The van der Waals surface area contributed by atoms with Crippen molar-refractivity contribution in [2.45, 2.75) is 29.4 Å². The number of likely N-dealkylation sites (tertiary alicyclic amines) is 1. The highest BCUT2D eigenvalue weighted by Crippen LogP contribution is 2.32. The zero-order valence-electron chi connectivity index (χ0n) is 15.1. The fraction of sp³-hybridized carbons (Fsp3) is 0.318. The Morgan fingerprint density at radius 1 is 1.04 bits per heavy atom. The molecule has 3 aromatic rings. The molecule has 2 aromatic carbocycles. The fourth-order valence-electron chi connectivity index (χ4n) is 3.57. The minimum atomic E-state index is -0.515. The van der Waals surface area contributed by atoms with E-state index < -0.39 is 11.6 Å². The molecule has 0 unspecified atom stereocenters. The van der Waals surface area contributed by atoms with Gasteiger partial charge in [-0.05, 0) is 68.2 Å². The molecule has 0 spiro atoms. The predicted octanol–water partition coefficient (Wildman–Crippen LogP) is 5.31. The Labute approximate surface area is 162 Å². The summed E-state index contributed by atoms with van der Waals surface area (Å²) in [5.74, 6) is -0.954. The van der Waals surface area contributed by atoms with Crippen LogP contribution in [0.4, 0.5) is 8.78 Å². The maximum Gasteiger partial charge on any atom is 0.129 e. The van der Waals surface area contributed by atoms with Gasteiger partial charge in [-0.25, -0.2) is 8.78 Å². The molecule has 0 N–H and O–H groups in total. The van der Waals surface area contributed by atoms with Crippen LogP contribution in [-0.2, 0) is 6.42 Å². The van der Waals surface area contributed by atoms with Crippen LogP contribution < -0.4 is 0 Å². The summed E-state index contributed by atoms with van der Waals surface area (Å²) in [6.07, 6.45) is 4.70. The van der Waals surface area contributed by atoms with E-state index in [2.05, 4.69) is 34.1 Å².